The average molecular weight is 309 g/mol. The lowest BCUT2D eigenvalue weighted by atomic mass is 10.1. The van der Waals surface area contributed by atoms with Gasteiger partial charge in [-0.25, -0.2) is 8.42 Å². The molecule has 1 saturated carbocycles. The Bertz CT molecular complexity index is 642. The van der Waals surface area contributed by atoms with Crippen molar-refractivity contribution < 1.29 is 12.8 Å². The highest BCUT2D eigenvalue weighted by atomic mass is 32.2. The highest BCUT2D eigenvalue weighted by Gasteiger charge is 2.46. The number of hydrogen-bond acceptors (Lipinski definition) is 3. The van der Waals surface area contributed by atoms with Crippen molar-refractivity contribution in [3.05, 3.63) is 23.7 Å². The number of hydrogen-bond donors (Lipinski definition) is 0. The predicted octanol–water partition coefficient (Wildman–Crippen LogP) is 3.10. The fourth-order valence-electron chi connectivity index (χ4n) is 2.41. The minimum Gasteiger partial charge on any atom is -0.465 e. The first-order valence-electron chi connectivity index (χ1n) is 7.19. The minimum absolute atomic E-state index is 0.0700. The van der Waals surface area contributed by atoms with Crippen molar-refractivity contribution in [1.29, 1.82) is 0 Å². The Morgan fingerprint density at radius 3 is 2.43 bits per heavy atom. The monoisotopic (exact) mass is 309 g/mol. The highest BCUT2D eigenvalue weighted by molar-refractivity contribution is 7.90. The van der Waals surface area contributed by atoms with E-state index < -0.39 is 14.8 Å². The summed E-state index contributed by atoms with van der Waals surface area (Å²) in [5, 5.41) is 0. The van der Waals surface area contributed by atoms with E-state index in [-0.39, 0.29) is 12.6 Å². The van der Waals surface area contributed by atoms with Gasteiger partial charge in [-0.15, -0.1) is 6.42 Å². The molecule has 0 radical (unpaired) electrons. The smallest absolute Gasteiger partial charge is 0.220 e. The minimum atomic E-state index is -3.51. The van der Waals surface area contributed by atoms with Gasteiger partial charge in [0.15, 0.2) is 0 Å². The molecule has 0 aliphatic heterocycles. The summed E-state index contributed by atoms with van der Waals surface area (Å²) in [7, 11) is -3.51. The van der Waals surface area contributed by atoms with Gasteiger partial charge >= 0.3 is 0 Å². The summed E-state index contributed by atoms with van der Waals surface area (Å²) < 4.78 is 32.0. The van der Waals surface area contributed by atoms with E-state index in [1.807, 2.05) is 19.1 Å². The van der Waals surface area contributed by atoms with Crippen LogP contribution in [0, 0.1) is 25.2 Å². The lowest BCUT2D eigenvalue weighted by Crippen LogP contribution is -2.45. The van der Waals surface area contributed by atoms with Crippen LogP contribution in [0.3, 0.4) is 0 Å². The molecule has 2 rings (SSSR count). The van der Waals surface area contributed by atoms with Gasteiger partial charge in [0.05, 0.1) is 17.3 Å². The molecule has 1 aromatic heterocycles. The summed E-state index contributed by atoms with van der Waals surface area (Å²) in [4.78, 5) is 0. The van der Waals surface area contributed by atoms with Gasteiger partial charge in [-0.05, 0) is 58.6 Å². The average Bonchev–Trinajstić information content (AvgIpc) is 3.10. The number of terminal acetylenes is 1. The SMILES string of the molecule is C#CCN([C@H](c1ccc(C)o1)C1CC1)S(=O)(=O)C(C)(C)C. The molecular formula is C16H23NO3S. The van der Waals surface area contributed by atoms with Crippen molar-refractivity contribution in [3.63, 3.8) is 0 Å². The maximum atomic E-state index is 12.9. The van der Waals surface area contributed by atoms with Gasteiger partial charge in [-0.1, -0.05) is 5.92 Å². The topological polar surface area (TPSA) is 50.5 Å². The van der Waals surface area contributed by atoms with Crippen molar-refractivity contribution in [2.24, 2.45) is 5.92 Å². The van der Waals surface area contributed by atoms with E-state index >= 15 is 0 Å². The number of aryl methyl sites for hydroxylation is 1. The van der Waals surface area contributed by atoms with Gasteiger partial charge in [0.1, 0.15) is 11.5 Å². The summed E-state index contributed by atoms with van der Waals surface area (Å²) in [6.45, 7) is 7.02. The molecule has 1 aliphatic carbocycles. The Balaban J connectivity index is 2.46. The van der Waals surface area contributed by atoms with Crippen LogP contribution in [0.2, 0.25) is 0 Å². The molecule has 0 N–H and O–H groups in total. The van der Waals surface area contributed by atoms with Crippen molar-refractivity contribution in [3.8, 4) is 12.3 Å². The van der Waals surface area contributed by atoms with Gasteiger partial charge in [-0.3, -0.25) is 0 Å². The van der Waals surface area contributed by atoms with Crippen molar-refractivity contribution in [2.75, 3.05) is 6.54 Å². The molecule has 1 atom stereocenters. The third-order valence-corrected chi connectivity index (χ3v) is 6.28. The number of sulfonamides is 1. The fourth-order valence-corrected chi connectivity index (χ4v) is 3.93. The Kier molecular flexibility index (Phi) is 4.23. The van der Waals surface area contributed by atoms with Crippen LogP contribution < -0.4 is 0 Å². The molecule has 1 aromatic rings. The van der Waals surface area contributed by atoms with Gasteiger partial charge in [-0.2, -0.15) is 4.31 Å². The number of furan rings is 1. The molecule has 0 spiro atoms. The van der Waals surface area contributed by atoms with Gasteiger partial charge < -0.3 is 4.42 Å². The Hall–Kier alpha value is -1.25. The van der Waals surface area contributed by atoms with E-state index in [2.05, 4.69) is 5.92 Å². The standard InChI is InChI=1S/C16H23NO3S/c1-6-11-17(21(18,19)16(3,4)5)15(13-8-9-13)14-10-7-12(2)20-14/h1,7,10,13,15H,8-9,11H2,2-5H3/t15-/m0/s1. The first kappa shape index (κ1) is 16.1. The summed E-state index contributed by atoms with van der Waals surface area (Å²) >= 11 is 0. The molecule has 1 heterocycles. The van der Waals surface area contributed by atoms with Gasteiger partial charge in [0.25, 0.3) is 0 Å². The third kappa shape index (κ3) is 3.17. The zero-order valence-electron chi connectivity index (χ0n) is 13.1. The maximum absolute atomic E-state index is 12.9. The molecule has 21 heavy (non-hydrogen) atoms. The van der Waals surface area contributed by atoms with Gasteiger partial charge in [0.2, 0.25) is 10.0 Å². The number of rotatable bonds is 5. The first-order chi connectivity index (χ1) is 9.68. The Morgan fingerprint density at radius 2 is 2.05 bits per heavy atom. The molecule has 0 amide bonds. The second-order valence-electron chi connectivity index (χ2n) is 6.60. The third-order valence-electron chi connectivity index (χ3n) is 3.76. The van der Waals surface area contributed by atoms with E-state index in [0.29, 0.717) is 11.7 Å². The van der Waals surface area contributed by atoms with E-state index in [1.165, 1.54) is 4.31 Å². The van der Waals surface area contributed by atoms with E-state index in [0.717, 1.165) is 18.6 Å². The summed E-state index contributed by atoms with van der Waals surface area (Å²) in [5.74, 6) is 4.26. The fraction of sp³-hybridized carbons (Fsp3) is 0.625. The van der Waals surface area contributed by atoms with Crippen molar-refractivity contribution in [2.45, 2.75) is 51.3 Å². The lowest BCUT2D eigenvalue weighted by Gasteiger charge is -2.33. The zero-order chi connectivity index (χ0) is 15.8. The Labute approximate surface area is 127 Å². The zero-order valence-corrected chi connectivity index (χ0v) is 13.9. The van der Waals surface area contributed by atoms with E-state index in [4.69, 9.17) is 10.8 Å². The summed E-state index contributed by atoms with van der Waals surface area (Å²) in [6, 6.07) is 3.43. The quantitative estimate of drug-likeness (QED) is 0.785. The van der Waals surface area contributed by atoms with Crippen LogP contribution in [0.25, 0.3) is 0 Å². The molecule has 116 valence electrons. The molecule has 1 fully saturated rings. The van der Waals surface area contributed by atoms with E-state index in [9.17, 15) is 8.42 Å². The molecule has 0 unspecified atom stereocenters. The normalized spacial score (nSPS) is 17.7. The summed E-state index contributed by atoms with van der Waals surface area (Å²) in [5.41, 5.74) is 0. The molecule has 0 saturated heterocycles. The van der Waals surface area contributed by atoms with Crippen molar-refractivity contribution in [1.82, 2.24) is 4.31 Å². The predicted molar refractivity (Wildman–Crippen MR) is 83.1 cm³/mol. The van der Waals surface area contributed by atoms with Crippen LogP contribution in [-0.4, -0.2) is 24.0 Å². The molecule has 5 heteroatoms. The van der Waals surface area contributed by atoms with Crippen LogP contribution in [0.15, 0.2) is 16.5 Å². The summed E-state index contributed by atoms with van der Waals surface area (Å²) in [6.07, 6.45) is 7.43. The van der Waals surface area contributed by atoms with Crippen LogP contribution in [-0.2, 0) is 10.0 Å². The van der Waals surface area contributed by atoms with Crippen LogP contribution in [0.5, 0.6) is 0 Å². The molecule has 0 bridgehead atoms. The largest absolute Gasteiger partial charge is 0.465 e. The second kappa shape index (κ2) is 5.51. The van der Waals surface area contributed by atoms with Crippen LogP contribution in [0.1, 0.15) is 51.2 Å². The second-order valence-corrected chi connectivity index (χ2v) is 9.24. The highest BCUT2D eigenvalue weighted by Crippen LogP contribution is 2.47. The Morgan fingerprint density at radius 1 is 1.43 bits per heavy atom. The first-order valence-corrected chi connectivity index (χ1v) is 8.63. The molecular weight excluding hydrogens is 286 g/mol. The molecule has 4 nitrogen and oxygen atoms in total. The molecule has 1 aliphatic rings. The van der Waals surface area contributed by atoms with E-state index in [1.54, 1.807) is 20.8 Å². The van der Waals surface area contributed by atoms with Crippen LogP contribution in [0.4, 0.5) is 0 Å². The maximum Gasteiger partial charge on any atom is 0.220 e. The van der Waals surface area contributed by atoms with Crippen molar-refractivity contribution >= 4 is 10.0 Å². The number of nitrogens with zero attached hydrogens (tertiary/aromatic N) is 1. The lowest BCUT2D eigenvalue weighted by molar-refractivity contribution is 0.268. The molecule has 0 aromatic carbocycles. The van der Waals surface area contributed by atoms with Crippen LogP contribution >= 0.6 is 0 Å². The van der Waals surface area contributed by atoms with Gasteiger partial charge in [0, 0.05) is 0 Å².